The van der Waals surface area contributed by atoms with Crippen molar-refractivity contribution >= 4 is 12.3 Å². The Morgan fingerprint density at radius 3 is 2.78 bits per heavy atom. The van der Waals surface area contributed by atoms with Gasteiger partial charge in [0.05, 0.1) is 0 Å². The second-order valence-electron chi connectivity index (χ2n) is 1.48. The summed E-state index contributed by atoms with van der Waals surface area (Å²) in [4.78, 5) is 0. The van der Waals surface area contributed by atoms with Crippen molar-refractivity contribution in [1.82, 2.24) is 14.8 Å². The van der Waals surface area contributed by atoms with Gasteiger partial charge in [0.1, 0.15) is 6.33 Å². The molecule has 9 heavy (non-hydrogen) atoms. The van der Waals surface area contributed by atoms with Crippen molar-refractivity contribution in [2.24, 2.45) is 0 Å². The van der Waals surface area contributed by atoms with Crippen LogP contribution in [0.5, 0.6) is 0 Å². The highest BCUT2D eigenvalue weighted by Crippen LogP contribution is 1.94. The molecule has 3 heteroatoms. The zero-order valence-electron chi connectivity index (χ0n) is 4.99. The lowest BCUT2D eigenvalue weighted by molar-refractivity contribution is 1.08. The highest BCUT2D eigenvalue weighted by atomic mass is 15.2. The van der Waals surface area contributed by atoms with E-state index in [4.69, 9.17) is 0 Å². The standard InChI is InChI=1S/C6H7N3/c1-3-6-8-7-5-9(6)4-2/h3-5H,1-2H2. The van der Waals surface area contributed by atoms with E-state index < -0.39 is 0 Å². The normalized spacial score (nSPS) is 8.89. The summed E-state index contributed by atoms with van der Waals surface area (Å²) < 4.78 is 1.69. The van der Waals surface area contributed by atoms with E-state index in [1.807, 2.05) is 0 Å². The van der Waals surface area contributed by atoms with Crippen LogP contribution >= 0.6 is 0 Å². The molecule has 0 atom stereocenters. The Labute approximate surface area is 53.3 Å². The first-order chi connectivity index (χ1) is 4.38. The van der Waals surface area contributed by atoms with Gasteiger partial charge in [-0.25, -0.2) is 0 Å². The van der Waals surface area contributed by atoms with Gasteiger partial charge in [-0.1, -0.05) is 13.2 Å². The Balaban J connectivity index is 3.12. The molecule has 0 spiro atoms. The van der Waals surface area contributed by atoms with E-state index in [-0.39, 0.29) is 0 Å². The number of aromatic nitrogens is 3. The van der Waals surface area contributed by atoms with Crippen molar-refractivity contribution in [1.29, 1.82) is 0 Å². The van der Waals surface area contributed by atoms with Crippen LogP contribution in [0.1, 0.15) is 5.82 Å². The van der Waals surface area contributed by atoms with E-state index in [0.29, 0.717) is 5.82 Å². The zero-order chi connectivity index (χ0) is 6.69. The van der Waals surface area contributed by atoms with E-state index >= 15 is 0 Å². The van der Waals surface area contributed by atoms with Crippen LogP contribution < -0.4 is 0 Å². The third kappa shape index (κ3) is 0.887. The minimum atomic E-state index is 0.713. The van der Waals surface area contributed by atoms with Crippen LogP contribution in [0, 0.1) is 0 Å². The first kappa shape index (κ1) is 5.75. The lowest BCUT2D eigenvalue weighted by Gasteiger charge is -1.89. The third-order valence-electron chi connectivity index (χ3n) is 0.980. The van der Waals surface area contributed by atoms with E-state index in [2.05, 4.69) is 23.4 Å². The summed E-state index contributed by atoms with van der Waals surface area (Å²) in [6.45, 7) is 7.09. The van der Waals surface area contributed by atoms with Crippen LogP contribution in [0.25, 0.3) is 12.3 Å². The first-order valence-corrected chi connectivity index (χ1v) is 2.53. The Morgan fingerprint density at radius 1 is 1.56 bits per heavy atom. The molecule has 1 aromatic rings. The molecule has 1 rings (SSSR count). The first-order valence-electron chi connectivity index (χ1n) is 2.53. The van der Waals surface area contributed by atoms with Crippen LogP contribution in [0.2, 0.25) is 0 Å². The van der Waals surface area contributed by atoms with Crippen molar-refractivity contribution in [3.8, 4) is 0 Å². The summed E-state index contributed by atoms with van der Waals surface area (Å²) in [5.74, 6) is 0.713. The van der Waals surface area contributed by atoms with Crippen LogP contribution in [0.15, 0.2) is 19.5 Å². The summed E-state index contributed by atoms with van der Waals surface area (Å²) in [5, 5.41) is 7.36. The van der Waals surface area contributed by atoms with Crippen molar-refractivity contribution in [2.45, 2.75) is 0 Å². The molecule has 0 N–H and O–H groups in total. The Hall–Kier alpha value is -1.38. The lowest BCUT2D eigenvalue weighted by Crippen LogP contribution is -1.85. The Kier molecular flexibility index (Phi) is 1.44. The fraction of sp³-hybridized carbons (Fsp3) is 0. The van der Waals surface area contributed by atoms with Crippen molar-refractivity contribution < 1.29 is 0 Å². The second-order valence-corrected chi connectivity index (χ2v) is 1.48. The second kappa shape index (κ2) is 2.26. The summed E-state index contributed by atoms with van der Waals surface area (Å²) >= 11 is 0. The predicted molar refractivity (Wildman–Crippen MR) is 36.5 cm³/mol. The van der Waals surface area contributed by atoms with Crippen LogP contribution in [0.4, 0.5) is 0 Å². The fourth-order valence-electron chi connectivity index (χ4n) is 0.538. The van der Waals surface area contributed by atoms with Crippen LogP contribution in [0.3, 0.4) is 0 Å². The summed E-state index contributed by atoms with van der Waals surface area (Å²) in [5.41, 5.74) is 0. The molecule has 0 saturated carbocycles. The Morgan fingerprint density at radius 2 is 2.33 bits per heavy atom. The van der Waals surface area contributed by atoms with Gasteiger partial charge in [0.2, 0.25) is 0 Å². The molecule has 0 radical (unpaired) electrons. The maximum atomic E-state index is 3.73. The van der Waals surface area contributed by atoms with Gasteiger partial charge in [0, 0.05) is 6.20 Å². The maximum Gasteiger partial charge on any atom is 0.159 e. The maximum absolute atomic E-state index is 3.73. The summed E-state index contributed by atoms with van der Waals surface area (Å²) in [6.07, 6.45) is 4.82. The van der Waals surface area contributed by atoms with Gasteiger partial charge in [-0.05, 0) is 6.08 Å². The monoisotopic (exact) mass is 121 g/mol. The molecule has 46 valence electrons. The molecule has 0 amide bonds. The van der Waals surface area contributed by atoms with Gasteiger partial charge in [-0.15, -0.1) is 10.2 Å². The molecule has 1 aromatic heterocycles. The largest absolute Gasteiger partial charge is 0.290 e. The number of hydrogen-bond donors (Lipinski definition) is 0. The lowest BCUT2D eigenvalue weighted by atomic mass is 10.6. The minimum absolute atomic E-state index is 0.713. The van der Waals surface area contributed by atoms with Crippen LogP contribution in [-0.2, 0) is 0 Å². The molecule has 0 fully saturated rings. The van der Waals surface area contributed by atoms with Gasteiger partial charge in [0.25, 0.3) is 0 Å². The van der Waals surface area contributed by atoms with Gasteiger partial charge < -0.3 is 0 Å². The van der Waals surface area contributed by atoms with E-state index in [9.17, 15) is 0 Å². The molecule has 0 aliphatic heterocycles. The average Bonchev–Trinajstić information content (AvgIpc) is 2.33. The van der Waals surface area contributed by atoms with Gasteiger partial charge in [0.15, 0.2) is 5.82 Å². The van der Waals surface area contributed by atoms with Gasteiger partial charge in [-0.2, -0.15) is 0 Å². The molecule has 0 bridgehead atoms. The Bertz CT molecular complexity index is 201. The highest BCUT2D eigenvalue weighted by molar-refractivity contribution is 5.40. The number of nitrogens with zero attached hydrogens (tertiary/aromatic N) is 3. The average molecular weight is 121 g/mol. The molecule has 0 aliphatic rings. The van der Waals surface area contributed by atoms with E-state index in [0.717, 1.165) is 0 Å². The smallest absolute Gasteiger partial charge is 0.159 e. The molecule has 0 aromatic carbocycles. The minimum Gasteiger partial charge on any atom is -0.290 e. The van der Waals surface area contributed by atoms with Crippen molar-refractivity contribution in [2.75, 3.05) is 0 Å². The third-order valence-corrected chi connectivity index (χ3v) is 0.980. The quantitative estimate of drug-likeness (QED) is 0.584. The van der Waals surface area contributed by atoms with Crippen molar-refractivity contribution in [3.05, 3.63) is 25.3 Å². The molecule has 0 unspecified atom stereocenters. The van der Waals surface area contributed by atoms with Gasteiger partial charge in [-0.3, -0.25) is 4.57 Å². The topological polar surface area (TPSA) is 30.7 Å². The molecular weight excluding hydrogens is 114 g/mol. The molecule has 1 heterocycles. The summed E-state index contributed by atoms with van der Waals surface area (Å²) in [7, 11) is 0. The molecular formula is C6H7N3. The SMILES string of the molecule is C=Cc1nncn1C=C. The van der Waals surface area contributed by atoms with Crippen molar-refractivity contribution in [3.63, 3.8) is 0 Å². The zero-order valence-corrected chi connectivity index (χ0v) is 4.99. The highest BCUT2D eigenvalue weighted by Gasteiger charge is 1.91. The molecule has 0 aliphatic carbocycles. The van der Waals surface area contributed by atoms with E-state index in [1.165, 1.54) is 0 Å². The summed E-state index contributed by atoms with van der Waals surface area (Å²) in [6, 6.07) is 0. The number of rotatable bonds is 2. The number of hydrogen-bond acceptors (Lipinski definition) is 2. The fourth-order valence-corrected chi connectivity index (χ4v) is 0.538. The van der Waals surface area contributed by atoms with Gasteiger partial charge >= 0.3 is 0 Å². The van der Waals surface area contributed by atoms with Crippen LogP contribution in [-0.4, -0.2) is 14.8 Å². The molecule has 0 saturated heterocycles. The molecule has 3 nitrogen and oxygen atoms in total. The van der Waals surface area contributed by atoms with E-state index in [1.54, 1.807) is 23.2 Å². The predicted octanol–water partition coefficient (Wildman–Crippen LogP) is 1.02.